The number of carboxylic acid groups (broad SMARTS) is 1. The third-order valence-electron chi connectivity index (χ3n) is 8.81. The fraction of sp³-hybridized carbons (Fsp3) is 0.750. The van der Waals surface area contributed by atoms with Crippen LogP contribution in [0.2, 0.25) is 0 Å². The van der Waals surface area contributed by atoms with Gasteiger partial charge in [0.2, 0.25) is 11.8 Å². The second-order valence-electron chi connectivity index (χ2n) is 14.7. The molecule has 0 heterocycles. The topological polar surface area (TPSA) is 144 Å². The average molecular weight is 753 g/mol. The number of aliphatic imine (C=N–C) groups is 1. The van der Waals surface area contributed by atoms with Crippen LogP contribution in [-0.2, 0) is 35.0 Å². The lowest BCUT2D eigenvalue weighted by molar-refractivity contribution is -0.144. The van der Waals surface area contributed by atoms with Crippen molar-refractivity contribution >= 4 is 37.5 Å². The van der Waals surface area contributed by atoms with Gasteiger partial charge in [-0.2, -0.15) is 13.5 Å². The Labute approximate surface area is 321 Å². The first kappa shape index (κ1) is 49.5. The van der Waals surface area contributed by atoms with Crippen LogP contribution in [0.4, 0.5) is 0 Å². The normalized spacial score (nSPS) is 12.5. The molecule has 3 N–H and O–H groups in total. The molecule has 12 heteroatoms. The molecule has 0 saturated heterocycles. The Hall–Kier alpha value is -2.51. The minimum absolute atomic E-state index is 0. The maximum atomic E-state index is 13.6. The van der Waals surface area contributed by atoms with Crippen LogP contribution >= 0.6 is 13.5 Å². The Morgan fingerprint density at radius 3 is 1.87 bits per heavy atom. The highest BCUT2D eigenvalue weighted by atomic mass is 32.1. The van der Waals surface area contributed by atoms with E-state index in [9.17, 15) is 14.4 Å². The van der Waals surface area contributed by atoms with Gasteiger partial charge in [0, 0.05) is 45.7 Å². The molecule has 1 unspecified atom stereocenters. The molecular formula is C40H72N4O7S. The molecule has 1 rings (SSSR count). The molecule has 1 atom stereocenters. The lowest BCUT2D eigenvalue weighted by Gasteiger charge is -2.42. The molecule has 0 aliphatic carbocycles. The van der Waals surface area contributed by atoms with Gasteiger partial charge in [-0.15, -0.1) is 0 Å². The fourth-order valence-corrected chi connectivity index (χ4v) is 5.70. The first-order valence-electron chi connectivity index (χ1n) is 19.1. The standard InChI is InChI=1S/C40H70N4O7.H2S/c1-8-27-49-29-25-43(36(45)16-11-10-13-23-42-24-14-12-15-35(41)38(47)48)39(4,5)31-51-32-40(6,7)44(26-30-50-28-9-2)37(46)22-21-34-19-17-33(3)18-20-34;/h17-20,23,35H,8-16,21-22,24-32,41H2,1-7H3,(H,47,48);1H2. The molecule has 0 fully saturated rings. The monoisotopic (exact) mass is 753 g/mol. The summed E-state index contributed by atoms with van der Waals surface area (Å²) in [5, 5.41) is 8.87. The van der Waals surface area contributed by atoms with E-state index in [1.807, 2.05) is 43.7 Å². The van der Waals surface area contributed by atoms with E-state index < -0.39 is 23.1 Å². The van der Waals surface area contributed by atoms with Gasteiger partial charge in [-0.3, -0.25) is 19.4 Å². The first-order valence-corrected chi connectivity index (χ1v) is 19.1. The van der Waals surface area contributed by atoms with Crippen LogP contribution in [0.25, 0.3) is 0 Å². The average Bonchev–Trinajstić information content (AvgIpc) is 3.07. The van der Waals surface area contributed by atoms with E-state index in [2.05, 4.69) is 50.0 Å². The van der Waals surface area contributed by atoms with Gasteiger partial charge >= 0.3 is 5.97 Å². The van der Waals surface area contributed by atoms with Gasteiger partial charge in [-0.05, 0) is 104 Å². The molecule has 0 radical (unpaired) electrons. The van der Waals surface area contributed by atoms with Gasteiger partial charge in [-0.1, -0.05) is 43.7 Å². The zero-order valence-corrected chi connectivity index (χ0v) is 34.4. The minimum atomic E-state index is -0.968. The SMILES string of the molecule is CCCOCCN(C(=O)CCCCC=NCCCCC(N)C(=O)O)C(C)(C)COCC(C)(C)N(CCOCCC)C(=O)CCc1ccc(C)cc1.S. The van der Waals surface area contributed by atoms with Crippen molar-refractivity contribution in [3.63, 3.8) is 0 Å². The molecule has 0 bridgehead atoms. The zero-order chi connectivity index (χ0) is 38.1. The summed E-state index contributed by atoms with van der Waals surface area (Å²) in [6, 6.07) is 7.50. The summed E-state index contributed by atoms with van der Waals surface area (Å²) in [7, 11) is 0. The molecule has 0 aliphatic heterocycles. The molecule has 0 spiro atoms. The number of nitrogens with two attached hydrogens (primary N) is 1. The first-order chi connectivity index (χ1) is 24.2. The highest BCUT2D eigenvalue weighted by molar-refractivity contribution is 7.59. The number of hydrogen-bond acceptors (Lipinski definition) is 8. The summed E-state index contributed by atoms with van der Waals surface area (Å²) in [5.74, 6) is -0.834. The highest BCUT2D eigenvalue weighted by Crippen LogP contribution is 2.22. The summed E-state index contributed by atoms with van der Waals surface area (Å²) >= 11 is 0. The van der Waals surface area contributed by atoms with Crippen molar-refractivity contribution in [2.24, 2.45) is 10.7 Å². The number of ether oxygens (including phenoxy) is 3. The maximum Gasteiger partial charge on any atom is 0.320 e. The van der Waals surface area contributed by atoms with E-state index >= 15 is 0 Å². The number of aryl methyl sites for hydroxylation is 2. The summed E-state index contributed by atoms with van der Waals surface area (Å²) in [4.78, 5) is 46.2. The molecule has 0 aliphatic rings. The van der Waals surface area contributed by atoms with Gasteiger partial charge in [0.15, 0.2) is 0 Å². The Bertz CT molecular complexity index is 1150. The van der Waals surface area contributed by atoms with E-state index in [0.29, 0.717) is 85.0 Å². The minimum Gasteiger partial charge on any atom is -0.480 e. The maximum absolute atomic E-state index is 13.6. The number of unbranched alkanes of at least 4 members (excludes halogenated alkanes) is 3. The van der Waals surface area contributed by atoms with Crippen LogP contribution < -0.4 is 5.73 Å². The highest BCUT2D eigenvalue weighted by Gasteiger charge is 2.34. The second-order valence-corrected chi connectivity index (χ2v) is 14.7. The van der Waals surface area contributed by atoms with E-state index in [1.54, 1.807) is 0 Å². The number of hydrogen-bond donors (Lipinski definition) is 2. The number of amides is 2. The summed E-state index contributed by atoms with van der Waals surface area (Å²) in [6.07, 6.45) is 9.58. The smallest absolute Gasteiger partial charge is 0.320 e. The van der Waals surface area contributed by atoms with E-state index in [-0.39, 0.29) is 25.3 Å². The summed E-state index contributed by atoms with van der Waals surface area (Å²) in [6.45, 7) is 18.8. The van der Waals surface area contributed by atoms with Gasteiger partial charge < -0.3 is 34.9 Å². The van der Waals surface area contributed by atoms with Gasteiger partial charge in [-0.25, -0.2) is 0 Å². The molecule has 300 valence electrons. The van der Waals surface area contributed by atoms with E-state index in [4.69, 9.17) is 25.1 Å². The fourth-order valence-electron chi connectivity index (χ4n) is 5.70. The van der Waals surface area contributed by atoms with Gasteiger partial charge in [0.25, 0.3) is 0 Å². The largest absolute Gasteiger partial charge is 0.480 e. The van der Waals surface area contributed by atoms with Crippen LogP contribution in [0.1, 0.15) is 117 Å². The number of benzene rings is 1. The van der Waals surface area contributed by atoms with Crippen molar-refractivity contribution in [3.05, 3.63) is 35.4 Å². The zero-order valence-electron chi connectivity index (χ0n) is 33.4. The number of carbonyl (C=O) groups excluding carboxylic acids is 2. The molecule has 1 aromatic rings. The van der Waals surface area contributed by atoms with Crippen molar-refractivity contribution in [2.45, 2.75) is 136 Å². The lowest BCUT2D eigenvalue weighted by Crippen LogP contribution is -2.55. The molecule has 2 amide bonds. The molecule has 0 saturated carbocycles. The van der Waals surface area contributed by atoms with Crippen LogP contribution in [0.3, 0.4) is 0 Å². The summed E-state index contributed by atoms with van der Waals surface area (Å²) in [5.41, 5.74) is 6.71. The molecule has 11 nitrogen and oxygen atoms in total. The Kier molecular flexibility index (Phi) is 26.7. The van der Waals surface area contributed by atoms with Crippen LogP contribution in [0, 0.1) is 6.92 Å². The van der Waals surface area contributed by atoms with Gasteiger partial charge in [0.1, 0.15) is 6.04 Å². The molecule has 0 aromatic heterocycles. The third-order valence-corrected chi connectivity index (χ3v) is 8.81. The predicted octanol–water partition coefficient (Wildman–Crippen LogP) is 6.34. The summed E-state index contributed by atoms with van der Waals surface area (Å²) < 4.78 is 17.9. The van der Waals surface area contributed by atoms with E-state index in [1.165, 1.54) is 5.56 Å². The van der Waals surface area contributed by atoms with E-state index in [0.717, 1.165) is 50.5 Å². The van der Waals surface area contributed by atoms with Crippen molar-refractivity contribution < 1.29 is 33.7 Å². The molecule has 1 aromatic carbocycles. The predicted molar refractivity (Wildman–Crippen MR) is 216 cm³/mol. The van der Waals surface area contributed by atoms with Crippen molar-refractivity contribution in [2.75, 3.05) is 59.3 Å². The quantitative estimate of drug-likeness (QED) is 0.0685. The number of nitrogens with zero attached hydrogens (tertiary/aromatic N) is 3. The number of rotatable bonds is 30. The van der Waals surface area contributed by atoms with Gasteiger partial charge in [0.05, 0.1) is 37.5 Å². The second kappa shape index (κ2) is 28.0. The Morgan fingerprint density at radius 2 is 1.35 bits per heavy atom. The number of aliphatic carboxylic acids is 1. The number of carbonyl (C=O) groups is 3. The molecular weight excluding hydrogens is 681 g/mol. The Morgan fingerprint density at radius 1 is 0.808 bits per heavy atom. The van der Waals surface area contributed by atoms with Crippen LogP contribution in [0.15, 0.2) is 29.3 Å². The van der Waals surface area contributed by atoms with Crippen molar-refractivity contribution in [1.82, 2.24) is 9.80 Å². The van der Waals surface area contributed by atoms with Crippen LogP contribution in [-0.4, -0.2) is 115 Å². The molecule has 52 heavy (non-hydrogen) atoms. The number of carboxylic acids is 1. The van der Waals surface area contributed by atoms with Crippen LogP contribution in [0.5, 0.6) is 0 Å². The Balaban J connectivity index is 0.0000260. The van der Waals surface area contributed by atoms with Crippen molar-refractivity contribution in [1.29, 1.82) is 0 Å². The lowest BCUT2D eigenvalue weighted by atomic mass is 10.0. The van der Waals surface area contributed by atoms with Crippen molar-refractivity contribution in [3.8, 4) is 0 Å². The third kappa shape index (κ3) is 21.3.